The second kappa shape index (κ2) is 10.2. The maximum atomic E-state index is 13.9. The van der Waals surface area contributed by atoms with Crippen LogP contribution in [0.1, 0.15) is 19.8 Å². The molecule has 2 aliphatic heterocycles. The number of likely N-dealkylation sites (N-methyl/N-ethyl adjacent to an activating group) is 1. The van der Waals surface area contributed by atoms with Gasteiger partial charge in [-0.05, 0) is 43.1 Å². The smallest absolute Gasteiger partial charge is 0.260 e. The van der Waals surface area contributed by atoms with E-state index in [4.69, 9.17) is 4.74 Å². The van der Waals surface area contributed by atoms with Crippen LogP contribution in [0.2, 0.25) is 0 Å². The third-order valence-corrected chi connectivity index (χ3v) is 6.59. The van der Waals surface area contributed by atoms with Gasteiger partial charge in [0.1, 0.15) is 11.6 Å². The highest BCUT2D eigenvalue weighted by Gasteiger charge is 2.28. The van der Waals surface area contributed by atoms with Gasteiger partial charge < -0.3 is 14.5 Å². The van der Waals surface area contributed by atoms with Crippen molar-refractivity contribution < 1.29 is 13.9 Å². The van der Waals surface area contributed by atoms with E-state index in [-0.39, 0.29) is 18.3 Å². The summed E-state index contributed by atoms with van der Waals surface area (Å²) in [5, 5.41) is 0. The van der Waals surface area contributed by atoms with Crippen LogP contribution in [0.5, 0.6) is 5.75 Å². The SMILES string of the molecule is CCN1CCN(C2CCN(C(=O)COc3ccc(-c4ccccc4F)cc3)CC2)CC1. The first kappa shape index (κ1) is 21.8. The number of piperazine rings is 1. The lowest BCUT2D eigenvalue weighted by atomic mass is 10.0. The minimum Gasteiger partial charge on any atom is -0.484 e. The summed E-state index contributed by atoms with van der Waals surface area (Å²) >= 11 is 0. The molecule has 2 aromatic carbocycles. The zero-order valence-corrected chi connectivity index (χ0v) is 18.3. The fourth-order valence-electron chi connectivity index (χ4n) is 4.59. The minimum absolute atomic E-state index is 0.0347. The van der Waals surface area contributed by atoms with E-state index >= 15 is 0 Å². The molecule has 31 heavy (non-hydrogen) atoms. The summed E-state index contributed by atoms with van der Waals surface area (Å²) in [6, 6.07) is 14.5. The van der Waals surface area contributed by atoms with E-state index < -0.39 is 0 Å². The van der Waals surface area contributed by atoms with Gasteiger partial charge in [-0.3, -0.25) is 9.69 Å². The van der Waals surface area contributed by atoms with E-state index in [0.29, 0.717) is 17.4 Å². The second-order valence-corrected chi connectivity index (χ2v) is 8.38. The summed E-state index contributed by atoms with van der Waals surface area (Å²) in [5.74, 6) is 0.409. The number of carbonyl (C=O) groups excluding carboxylic acids is 1. The van der Waals surface area contributed by atoms with Crippen LogP contribution in [0.3, 0.4) is 0 Å². The Kier molecular flexibility index (Phi) is 7.20. The monoisotopic (exact) mass is 425 g/mol. The molecule has 0 N–H and O–H groups in total. The highest BCUT2D eigenvalue weighted by molar-refractivity contribution is 5.78. The standard InChI is InChI=1S/C25H32FN3O2/c1-2-27-15-17-28(18-16-27)21-11-13-29(14-12-21)25(30)19-31-22-9-7-20(8-10-22)23-5-3-4-6-24(23)26/h3-10,21H,2,11-19H2,1H3. The van der Waals surface area contributed by atoms with Gasteiger partial charge in [-0.25, -0.2) is 4.39 Å². The van der Waals surface area contributed by atoms with E-state index in [0.717, 1.165) is 64.2 Å². The Morgan fingerprint density at radius 2 is 1.65 bits per heavy atom. The predicted octanol–water partition coefficient (Wildman–Crippen LogP) is 3.50. The highest BCUT2D eigenvalue weighted by Crippen LogP contribution is 2.25. The average molecular weight is 426 g/mol. The molecule has 2 aromatic rings. The Balaban J connectivity index is 1.22. The quantitative estimate of drug-likeness (QED) is 0.710. The molecule has 5 nitrogen and oxygen atoms in total. The number of amides is 1. The van der Waals surface area contributed by atoms with Gasteiger partial charge in [0.15, 0.2) is 6.61 Å². The molecule has 2 saturated heterocycles. The van der Waals surface area contributed by atoms with Crippen LogP contribution in [0.4, 0.5) is 4.39 Å². The van der Waals surface area contributed by atoms with E-state index in [9.17, 15) is 9.18 Å². The minimum atomic E-state index is -0.248. The molecule has 166 valence electrons. The molecule has 2 heterocycles. The molecule has 2 fully saturated rings. The first-order valence-electron chi connectivity index (χ1n) is 11.4. The third-order valence-electron chi connectivity index (χ3n) is 6.59. The summed E-state index contributed by atoms with van der Waals surface area (Å²) in [6.07, 6.45) is 2.07. The number of ether oxygens (including phenoxy) is 1. The molecule has 6 heteroatoms. The van der Waals surface area contributed by atoms with Gasteiger partial charge in [0.05, 0.1) is 0 Å². The Labute approximate surface area is 184 Å². The topological polar surface area (TPSA) is 36.0 Å². The molecule has 0 aliphatic carbocycles. The second-order valence-electron chi connectivity index (χ2n) is 8.38. The number of piperidine rings is 1. The van der Waals surface area contributed by atoms with Gasteiger partial charge in [0, 0.05) is 50.9 Å². The van der Waals surface area contributed by atoms with Crippen LogP contribution in [-0.4, -0.2) is 79.1 Å². The third kappa shape index (κ3) is 5.43. The lowest BCUT2D eigenvalue weighted by molar-refractivity contribution is -0.135. The number of carbonyl (C=O) groups is 1. The largest absolute Gasteiger partial charge is 0.484 e. The maximum Gasteiger partial charge on any atom is 0.260 e. The molecule has 0 atom stereocenters. The summed E-state index contributed by atoms with van der Waals surface area (Å²) in [5.41, 5.74) is 1.35. The van der Waals surface area contributed by atoms with Crippen LogP contribution in [0.15, 0.2) is 48.5 Å². The number of benzene rings is 2. The fourth-order valence-corrected chi connectivity index (χ4v) is 4.59. The number of rotatable bonds is 6. The molecule has 0 bridgehead atoms. The first-order chi connectivity index (χ1) is 15.1. The van der Waals surface area contributed by atoms with Crippen LogP contribution < -0.4 is 4.74 Å². The van der Waals surface area contributed by atoms with Gasteiger partial charge in [-0.15, -0.1) is 0 Å². The zero-order valence-electron chi connectivity index (χ0n) is 18.3. The van der Waals surface area contributed by atoms with Crippen molar-refractivity contribution in [3.63, 3.8) is 0 Å². The van der Waals surface area contributed by atoms with Gasteiger partial charge in [-0.2, -0.15) is 0 Å². The number of likely N-dealkylation sites (tertiary alicyclic amines) is 1. The van der Waals surface area contributed by atoms with Crippen LogP contribution in [0.25, 0.3) is 11.1 Å². The molecule has 0 aromatic heterocycles. The van der Waals surface area contributed by atoms with Crippen LogP contribution in [-0.2, 0) is 4.79 Å². The number of nitrogens with zero attached hydrogens (tertiary/aromatic N) is 3. The molecule has 0 unspecified atom stereocenters. The van der Waals surface area contributed by atoms with Crippen LogP contribution in [0, 0.1) is 5.82 Å². The molecule has 2 aliphatic rings. The van der Waals surface area contributed by atoms with Crippen LogP contribution >= 0.6 is 0 Å². The average Bonchev–Trinajstić information content (AvgIpc) is 2.83. The Hall–Kier alpha value is -2.44. The lowest BCUT2D eigenvalue weighted by Crippen LogP contribution is -2.54. The molecule has 0 radical (unpaired) electrons. The number of halogens is 1. The molecule has 0 spiro atoms. The molecule has 1 amide bonds. The molecular weight excluding hydrogens is 393 g/mol. The highest BCUT2D eigenvalue weighted by atomic mass is 19.1. The van der Waals surface area contributed by atoms with Gasteiger partial charge in [0.2, 0.25) is 0 Å². The van der Waals surface area contributed by atoms with Crippen molar-refractivity contribution in [3.8, 4) is 16.9 Å². The van der Waals surface area contributed by atoms with Crippen molar-refractivity contribution in [3.05, 3.63) is 54.3 Å². The maximum absolute atomic E-state index is 13.9. The van der Waals surface area contributed by atoms with E-state index in [1.54, 1.807) is 24.3 Å². The lowest BCUT2D eigenvalue weighted by Gasteiger charge is -2.42. The molecule has 0 saturated carbocycles. The summed E-state index contributed by atoms with van der Waals surface area (Å²) in [7, 11) is 0. The van der Waals surface area contributed by atoms with Crippen molar-refractivity contribution in [1.82, 2.24) is 14.7 Å². The fraction of sp³-hybridized carbons (Fsp3) is 0.480. The normalized spacial score (nSPS) is 18.8. The van der Waals surface area contributed by atoms with Gasteiger partial charge >= 0.3 is 0 Å². The molecular formula is C25H32FN3O2. The Morgan fingerprint density at radius 1 is 0.968 bits per heavy atom. The van der Waals surface area contributed by atoms with Crippen molar-refractivity contribution in [2.75, 3.05) is 52.4 Å². The van der Waals surface area contributed by atoms with Crippen molar-refractivity contribution in [2.24, 2.45) is 0 Å². The zero-order chi connectivity index (χ0) is 21.6. The molecule has 4 rings (SSSR count). The summed E-state index contributed by atoms with van der Waals surface area (Å²) in [6.45, 7) is 9.57. The van der Waals surface area contributed by atoms with Crippen molar-refractivity contribution in [2.45, 2.75) is 25.8 Å². The summed E-state index contributed by atoms with van der Waals surface area (Å²) < 4.78 is 19.6. The van der Waals surface area contributed by atoms with Crippen molar-refractivity contribution in [1.29, 1.82) is 0 Å². The first-order valence-corrected chi connectivity index (χ1v) is 11.4. The Morgan fingerprint density at radius 3 is 2.29 bits per heavy atom. The number of hydrogen-bond acceptors (Lipinski definition) is 4. The van der Waals surface area contributed by atoms with E-state index in [1.807, 2.05) is 23.1 Å². The number of hydrogen-bond donors (Lipinski definition) is 0. The van der Waals surface area contributed by atoms with Gasteiger partial charge in [-0.1, -0.05) is 37.3 Å². The predicted molar refractivity (Wildman–Crippen MR) is 121 cm³/mol. The van der Waals surface area contributed by atoms with Crippen molar-refractivity contribution >= 4 is 5.91 Å². The Bertz CT molecular complexity index is 857. The summed E-state index contributed by atoms with van der Waals surface area (Å²) in [4.78, 5) is 19.6. The van der Waals surface area contributed by atoms with E-state index in [1.165, 1.54) is 6.07 Å². The van der Waals surface area contributed by atoms with E-state index in [2.05, 4.69) is 16.7 Å². The van der Waals surface area contributed by atoms with Gasteiger partial charge in [0.25, 0.3) is 5.91 Å².